The fraction of sp³-hybridized carbons (Fsp3) is 0.500. The van der Waals surface area contributed by atoms with E-state index in [0.29, 0.717) is 18.7 Å². The lowest BCUT2D eigenvalue weighted by atomic mass is 9.95. The number of nitrogens with zero attached hydrogens (tertiary/aromatic N) is 6. The molecule has 8 heterocycles. The third-order valence-corrected chi connectivity index (χ3v) is 11.8. The van der Waals surface area contributed by atoms with Crippen LogP contribution in [0.15, 0.2) is 12.1 Å². The first-order chi connectivity index (χ1) is 22.5. The molecule has 4 aromatic rings. The van der Waals surface area contributed by atoms with Gasteiger partial charge in [-0.05, 0) is 44.4 Å². The van der Waals surface area contributed by atoms with Crippen molar-refractivity contribution in [3.8, 4) is 23.3 Å². The molecule has 3 N–H and O–H groups in total. The second kappa shape index (κ2) is 9.83. The summed E-state index contributed by atoms with van der Waals surface area (Å²) in [5.74, 6) is -5.46. The zero-order chi connectivity index (χ0) is 32.5. The summed E-state index contributed by atoms with van der Waals surface area (Å²) in [6.45, 7) is 0.888. The Kier molecular flexibility index (Phi) is 6.13. The van der Waals surface area contributed by atoms with E-state index in [4.69, 9.17) is 15.5 Å². The van der Waals surface area contributed by atoms with Crippen molar-refractivity contribution in [1.29, 1.82) is 5.26 Å². The lowest BCUT2D eigenvalue weighted by Crippen LogP contribution is -2.67. The third-order valence-electron chi connectivity index (χ3n) is 10.8. The van der Waals surface area contributed by atoms with Gasteiger partial charge >= 0.3 is 6.01 Å². The Morgan fingerprint density at radius 1 is 1.15 bits per heavy atom. The highest BCUT2D eigenvalue weighted by atomic mass is 32.1. The molecule has 2 bridgehead atoms. The normalized spacial score (nSPS) is 31.3. The number of nitrogen functional groups attached to an aromatic ring is 1. The molecule has 5 aliphatic rings. The largest absolute Gasteiger partial charge is 0.461 e. The highest BCUT2D eigenvalue weighted by Gasteiger charge is 2.61. The van der Waals surface area contributed by atoms with Gasteiger partial charge in [0.2, 0.25) is 0 Å². The number of hydrogen-bond acceptors (Lipinski definition) is 10. The monoisotopic (exact) mass is 668 g/mol. The van der Waals surface area contributed by atoms with Crippen molar-refractivity contribution < 1.29 is 26.7 Å². The molecule has 1 aromatic carbocycles. The molecule has 0 amide bonds. The summed E-state index contributed by atoms with van der Waals surface area (Å²) in [6.07, 6.45) is 1.23. The number of thiophene rings is 1. The van der Waals surface area contributed by atoms with Gasteiger partial charge in [-0.15, -0.1) is 11.3 Å². The van der Waals surface area contributed by atoms with Gasteiger partial charge in [0.25, 0.3) is 0 Å². The van der Waals surface area contributed by atoms with Crippen molar-refractivity contribution in [3.05, 3.63) is 35.0 Å². The molecular weight excluding hydrogens is 639 g/mol. The van der Waals surface area contributed by atoms with Crippen LogP contribution in [0.1, 0.15) is 49.8 Å². The quantitative estimate of drug-likeness (QED) is 0.217. The SMILES string of the molecule is N#Cc1c(N)sc2c(F)ccc(-c3nc4c5c(nc(OC[C@@]67CCCN6C[C@H](F)C7)nc5c3F)N3C[C@@]5(F)CC[C@](F)(N5)[C@@H]3CC4)c12. The standard InChI is InChI=1S/C32H29F5N8OS/c33-15-10-30(6-1-9-44(30)12-15)14-46-29-41-25-22-19(4-5-20-32(37)8-7-31(36,43-32)13-45(20)28(22)42-29)40-24(23(25)35)16-2-3-18(34)26-21(16)17(11-38)27(39)47-26/h2-3,15,20,43H,1,4-10,12-14,39H2/t15-,20+,30+,31-,32+/m1/s1. The second-order valence-corrected chi connectivity index (χ2v) is 14.6. The maximum absolute atomic E-state index is 17.0. The molecule has 0 spiro atoms. The molecule has 0 radical (unpaired) electrons. The topological polar surface area (TPSA) is 116 Å². The predicted octanol–water partition coefficient (Wildman–Crippen LogP) is 5.44. The first-order valence-corrected chi connectivity index (χ1v) is 16.6. The highest BCUT2D eigenvalue weighted by Crippen LogP contribution is 2.50. The number of pyridine rings is 1. The number of aromatic nitrogens is 3. The smallest absolute Gasteiger partial charge is 0.319 e. The van der Waals surface area contributed by atoms with E-state index in [1.54, 1.807) is 4.90 Å². The molecule has 0 saturated carbocycles. The van der Waals surface area contributed by atoms with Crippen molar-refractivity contribution in [2.45, 2.75) is 74.3 Å². The summed E-state index contributed by atoms with van der Waals surface area (Å²) in [7, 11) is 0. The van der Waals surface area contributed by atoms with Crippen molar-refractivity contribution in [3.63, 3.8) is 0 Å². The Morgan fingerprint density at radius 2 is 2.00 bits per heavy atom. The number of piperazine rings is 1. The van der Waals surface area contributed by atoms with E-state index in [9.17, 15) is 14.0 Å². The van der Waals surface area contributed by atoms with Crippen LogP contribution in [0.2, 0.25) is 0 Å². The molecular formula is C32H29F5N8OS. The third kappa shape index (κ3) is 4.13. The number of alkyl halides is 3. The van der Waals surface area contributed by atoms with E-state index in [0.717, 1.165) is 30.7 Å². The first-order valence-electron chi connectivity index (χ1n) is 15.8. The number of nitriles is 1. The number of halogens is 5. The zero-order valence-electron chi connectivity index (χ0n) is 25.1. The van der Waals surface area contributed by atoms with Gasteiger partial charge < -0.3 is 15.4 Å². The van der Waals surface area contributed by atoms with Gasteiger partial charge in [-0.25, -0.2) is 32.3 Å². The molecule has 0 unspecified atom stereocenters. The van der Waals surface area contributed by atoms with Crippen LogP contribution in [0.4, 0.5) is 32.8 Å². The van der Waals surface area contributed by atoms with E-state index < -0.39 is 41.0 Å². The molecule has 15 heteroatoms. The molecule has 47 heavy (non-hydrogen) atoms. The van der Waals surface area contributed by atoms with Gasteiger partial charge in [0, 0.05) is 36.8 Å². The van der Waals surface area contributed by atoms with E-state index in [1.807, 2.05) is 6.07 Å². The van der Waals surface area contributed by atoms with Crippen LogP contribution < -0.4 is 20.7 Å². The number of ether oxygens (including phenoxy) is 1. The van der Waals surface area contributed by atoms with Crippen LogP contribution in [-0.4, -0.2) is 75.4 Å². The summed E-state index contributed by atoms with van der Waals surface area (Å²) in [4.78, 5) is 17.5. The summed E-state index contributed by atoms with van der Waals surface area (Å²) < 4.78 is 84.9. The Bertz CT molecular complexity index is 2060. The van der Waals surface area contributed by atoms with Crippen molar-refractivity contribution in [2.24, 2.45) is 0 Å². The fourth-order valence-corrected chi connectivity index (χ4v) is 9.69. The Labute approximate surface area is 269 Å². The number of benzene rings is 1. The molecule has 4 fully saturated rings. The van der Waals surface area contributed by atoms with Crippen LogP contribution in [0.5, 0.6) is 6.01 Å². The molecule has 9 rings (SSSR count). The van der Waals surface area contributed by atoms with Crippen LogP contribution >= 0.6 is 11.3 Å². The molecule has 0 aliphatic carbocycles. The molecule has 5 aliphatic heterocycles. The lowest BCUT2D eigenvalue weighted by Gasteiger charge is -2.46. The predicted molar refractivity (Wildman–Crippen MR) is 165 cm³/mol. The van der Waals surface area contributed by atoms with E-state index >= 15 is 13.2 Å². The molecule has 5 atom stereocenters. The first kappa shape index (κ1) is 29.3. The lowest BCUT2D eigenvalue weighted by molar-refractivity contribution is 0.0101. The Hall–Kier alpha value is -3.87. The summed E-state index contributed by atoms with van der Waals surface area (Å²) in [6, 6.07) is 3.48. The van der Waals surface area contributed by atoms with Gasteiger partial charge in [-0.3, -0.25) is 4.90 Å². The summed E-state index contributed by atoms with van der Waals surface area (Å²) >= 11 is 0.886. The van der Waals surface area contributed by atoms with Gasteiger partial charge in [0.15, 0.2) is 17.4 Å². The van der Waals surface area contributed by atoms with Crippen molar-refractivity contribution in [1.82, 2.24) is 25.2 Å². The van der Waals surface area contributed by atoms with Gasteiger partial charge in [-0.1, -0.05) is 0 Å². The number of nitrogens with two attached hydrogens (primary N) is 1. The van der Waals surface area contributed by atoms with Crippen LogP contribution in [-0.2, 0) is 6.42 Å². The fourth-order valence-electron chi connectivity index (χ4n) is 8.74. The average Bonchev–Trinajstić information content (AvgIpc) is 3.71. The Balaban J connectivity index is 1.25. The van der Waals surface area contributed by atoms with E-state index in [1.165, 1.54) is 12.1 Å². The van der Waals surface area contributed by atoms with E-state index in [2.05, 4.69) is 20.2 Å². The molecule has 4 saturated heterocycles. The van der Waals surface area contributed by atoms with Gasteiger partial charge in [-0.2, -0.15) is 15.2 Å². The van der Waals surface area contributed by atoms with Crippen LogP contribution in [0, 0.1) is 23.0 Å². The maximum Gasteiger partial charge on any atom is 0.319 e. The van der Waals surface area contributed by atoms with Crippen molar-refractivity contribution >= 4 is 43.1 Å². The van der Waals surface area contributed by atoms with Gasteiger partial charge in [0.1, 0.15) is 46.7 Å². The minimum Gasteiger partial charge on any atom is -0.461 e. The number of fused-ring (bicyclic) bond motifs is 7. The zero-order valence-corrected chi connectivity index (χ0v) is 25.9. The average molecular weight is 669 g/mol. The number of hydrogen-bond donors (Lipinski definition) is 2. The highest BCUT2D eigenvalue weighted by molar-refractivity contribution is 7.23. The summed E-state index contributed by atoms with van der Waals surface area (Å²) in [5, 5.41) is 12.9. The molecule has 9 nitrogen and oxygen atoms in total. The molecule has 3 aromatic heterocycles. The summed E-state index contributed by atoms with van der Waals surface area (Å²) in [5.41, 5.74) is 5.67. The Morgan fingerprint density at radius 3 is 2.83 bits per heavy atom. The molecule has 244 valence electrons. The van der Waals surface area contributed by atoms with Crippen molar-refractivity contribution in [2.75, 3.05) is 36.9 Å². The van der Waals surface area contributed by atoms with E-state index in [-0.39, 0.29) is 93.5 Å². The van der Waals surface area contributed by atoms with Crippen LogP contribution in [0.3, 0.4) is 0 Å². The van der Waals surface area contributed by atoms with Crippen LogP contribution in [0.25, 0.3) is 32.2 Å². The minimum absolute atomic E-state index is 0.00834. The number of anilines is 2. The number of rotatable bonds is 4. The van der Waals surface area contributed by atoms with Gasteiger partial charge in [0.05, 0.1) is 39.5 Å². The second-order valence-electron chi connectivity index (χ2n) is 13.5. The minimum atomic E-state index is -2.06. The maximum atomic E-state index is 17.0. The number of aryl methyl sites for hydroxylation is 1. The number of nitrogens with one attached hydrogen (secondary N) is 1.